The molecule has 78 valence electrons. The van der Waals surface area contributed by atoms with Gasteiger partial charge in [-0.2, -0.15) is 11.8 Å². The van der Waals surface area contributed by atoms with Crippen LogP contribution in [0, 0.1) is 0 Å². The first-order chi connectivity index (χ1) is 5.96. The Hall–Kier alpha value is -0.220. The minimum absolute atomic E-state index is 0.520. The molecule has 0 aliphatic rings. The van der Waals surface area contributed by atoms with Crippen LogP contribution in [-0.2, 0) is 4.79 Å². The maximum atomic E-state index is 10.9. The van der Waals surface area contributed by atoms with Gasteiger partial charge in [0.05, 0.1) is 0 Å². The highest BCUT2D eigenvalue weighted by Crippen LogP contribution is 2.19. The minimum atomic E-state index is -0.798. The molecule has 0 aromatic carbocycles. The van der Waals surface area contributed by atoms with E-state index in [0.29, 0.717) is 11.0 Å². The quantitative estimate of drug-likeness (QED) is 0.691. The average molecular weight is 205 g/mol. The molecular weight excluding hydrogens is 186 g/mol. The van der Waals surface area contributed by atoms with E-state index in [1.165, 1.54) is 0 Å². The molecule has 0 aromatic heterocycles. The van der Waals surface area contributed by atoms with Crippen molar-refractivity contribution in [2.45, 2.75) is 38.0 Å². The maximum absolute atomic E-state index is 10.9. The first-order valence-electron chi connectivity index (χ1n) is 4.50. The predicted octanol–water partition coefficient (Wildman–Crippen LogP) is 1.58. The number of likely N-dealkylation sites (N-methyl/N-ethyl adjacent to an activating group) is 1. The van der Waals surface area contributed by atoms with E-state index in [0.717, 1.165) is 6.42 Å². The summed E-state index contributed by atoms with van der Waals surface area (Å²) in [4.78, 5) is 10.9. The Balaban J connectivity index is 4.05. The third-order valence-corrected chi connectivity index (χ3v) is 3.90. The summed E-state index contributed by atoms with van der Waals surface area (Å²) in [6.45, 7) is 5.93. The first kappa shape index (κ1) is 12.8. The van der Waals surface area contributed by atoms with E-state index >= 15 is 0 Å². The third kappa shape index (κ3) is 4.00. The van der Waals surface area contributed by atoms with Gasteiger partial charge in [-0.05, 0) is 20.4 Å². The molecule has 0 spiro atoms. The summed E-state index contributed by atoms with van der Waals surface area (Å²) in [5.41, 5.74) is -0.798. The first-order valence-corrected chi connectivity index (χ1v) is 5.55. The molecule has 0 radical (unpaired) electrons. The zero-order valence-corrected chi connectivity index (χ0v) is 9.57. The van der Waals surface area contributed by atoms with Gasteiger partial charge in [0.15, 0.2) is 0 Å². The molecule has 0 saturated carbocycles. The van der Waals surface area contributed by atoms with Crippen molar-refractivity contribution in [2.75, 3.05) is 12.8 Å². The van der Waals surface area contributed by atoms with Gasteiger partial charge >= 0.3 is 5.97 Å². The molecule has 0 rings (SSSR count). The number of thioether (sulfide) groups is 1. The number of carboxylic acid groups (broad SMARTS) is 1. The molecule has 2 N–H and O–H groups in total. The van der Waals surface area contributed by atoms with Crippen LogP contribution in [0.25, 0.3) is 0 Å². The number of carbonyl (C=O) groups is 1. The van der Waals surface area contributed by atoms with Crippen LogP contribution >= 0.6 is 11.8 Å². The molecule has 0 heterocycles. The fraction of sp³-hybridized carbons (Fsp3) is 0.889. The summed E-state index contributed by atoms with van der Waals surface area (Å²) >= 11 is 1.69. The van der Waals surface area contributed by atoms with Crippen LogP contribution in [0.3, 0.4) is 0 Å². The third-order valence-electron chi connectivity index (χ3n) is 2.26. The summed E-state index contributed by atoms with van der Waals surface area (Å²) < 4.78 is 0. The van der Waals surface area contributed by atoms with Gasteiger partial charge in [0, 0.05) is 11.0 Å². The fourth-order valence-electron chi connectivity index (χ4n) is 0.668. The second-order valence-electron chi connectivity index (χ2n) is 3.42. The Morgan fingerprint density at radius 3 is 2.54 bits per heavy atom. The van der Waals surface area contributed by atoms with Crippen LogP contribution in [0.5, 0.6) is 0 Å². The predicted molar refractivity (Wildman–Crippen MR) is 57.3 cm³/mol. The second-order valence-corrected chi connectivity index (χ2v) is 4.84. The van der Waals surface area contributed by atoms with Crippen molar-refractivity contribution in [1.29, 1.82) is 0 Å². The van der Waals surface area contributed by atoms with Crippen molar-refractivity contribution in [3.8, 4) is 0 Å². The van der Waals surface area contributed by atoms with Gasteiger partial charge in [-0.25, -0.2) is 0 Å². The molecule has 2 atom stereocenters. The van der Waals surface area contributed by atoms with Crippen LogP contribution in [0.1, 0.15) is 27.2 Å². The summed E-state index contributed by atoms with van der Waals surface area (Å²) in [6, 6.07) is 0. The van der Waals surface area contributed by atoms with Crippen LogP contribution in [-0.4, -0.2) is 34.7 Å². The SMILES string of the molecule is CCC(C)SCC(C)(NC)C(=O)O. The highest BCUT2D eigenvalue weighted by atomic mass is 32.2. The van der Waals surface area contributed by atoms with Gasteiger partial charge in [-0.3, -0.25) is 4.79 Å². The van der Waals surface area contributed by atoms with Gasteiger partial charge in [-0.1, -0.05) is 13.8 Å². The molecule has 3 nitrogen and oxygen atoms in total. The zero-order chi connectivity index (χ0) is 10.5. The van der Waals surface area contributed by atoms with E-state index in [4.69, 9.17) is 5.11 Å². The highest BCUT2D eigenvalue weighted by molar-refractivity contribution is 7.99. The molecule has 0 amide bonds. The van der Waals surface area contributed by atoms with Crippen molar-refractivity contribution in [2.24, 2.45) is 0 Å². The number of hydrogen-bond acceptors (Lipinski definition) is 3. The monoisotopic (exact) mass is 205 g/mol. The molecule has 0 aliphatic heterocycles. The lowest BCUT2D eigenvalue weighted by Gasteiger charge is -2.24. The lowest BCUT2D eigenvalue weighted by atomic mass is 10.1. The largest absolute Gasteiger partial charge is 0.480 e. The molecule has 0 aliphatic carbocycles. The fourth-order valence-corrected chi connectivity index (χ4v) is 1.79. The van der Waals surface area contributed by atoms with Crippen molar-refractivity contribution < 1.29 is 9.90 Å². The average Bonchev–Trinajstić information content (AvgIpc) is 2.13. The van der Waals surface area contributed by atoms with Gasteiger partial charge in [0.25, 0.3) is 0 Å². The van der Waals surface area contributed by atoms with Crippen molar-refractivity contribution in [3.05, 3.63) is 0 Å². The number of carboxylic acids is 1. The normalized spacial score (nSPS) is 17.8. The Morgan fingerprint density at radius 1 is 1.69 bits per heavy atom. The number of nitrogens with one attached hydrogen (secondary N) is 1. The van der Waals surface area contributed by atoms with E-state index in [1.54, 1.807) is 25.7 Å². The Morgan fingerprint density at radius 2 is 2.23 bits per heavy atom. The molecule has 13 heavy (non-hydrogen) atoms. The number of hydrogen-bond donors (Lipinski definition) is 2. The Bertz CT molecular complexity index is 175. The van der Waals surface area contributed by atoms with Crippen molar-refractivity contribution in [3.63, 3.8) is 0 Å². The van der Waals surface area contributed by atoms with Gasteiger partial charge in [0.2, 0.25) is 0 Å². The molecule has 0 saturated heterocycles. The smallest absolute Gasteiger partial charge is 0.324 e. The van der Waals surface area contributed by atoms with Crippen molar-refractivity contribution >= 4 is 17.7 Å². The number of aliphatic carboxylic acids is 1. The Labute approximate surface area is 84.3 Å². The van der Waals surface area contributed by atoms with Gasteiger partial charge in [-0.15, -0.1) is 0 Å². The van der Waals surface area contributed by atoms with Crippen LogP contribution in [0.2, 0.25) is 0 Å². The molecule has 0 bridgehead atoms. The summed E-state index contributed by atoms with van der Waals surface area (Å²) in [6.07, 6.45) is 1.07. The van der Waals surface area contributed by atoms with Gasteiger partial charge in [0.1, 0.15) is 5.54 Å². The second kappa shape index (κ2) is 5.50. The minimum Gasteiger partial charge on any atom is -0.480 e. The van der Waals surface area contributed by atoms with E-state index in [2.05, 4.69) is 19.2 Å². The van der Waals surface area contributed by atoms with E-state index in [-0.39, 0.29) is 0 Å². The lowest BCUT2D eigenvalue weighted by molar-refractivity contribution is -0.142. The molecule has 2 unspecified atom stereocenters. The maximum Gasteiger partial charge on any atom is 0.324 e. The van der Waals surface area contributed by atoms with Gasteiger partial charge < -0.3 is 10.4 Å². The van der Waals surface area contributed by atoms with E-state index in [9.17, 15) is 4.79 Å². The summed E-state index contributed by atoms with van der Waals surface area (Å²) in [7, 11) is 1.69. The highest BCUT2D eigenvalue weighted by Gasteiger charge is 2.31. The lowest BCUT2D eigenvalue weighted by Crippen LogP contribution is -2.50. The molecule has 0 fully saturated rings. The van der Waals surface area contributed by atoms with Crippen molar-refractivity contribution in [1.82, 2.24) is 5.32 Å². The van der Waals surface area contributed by atoms with E-state index < -0.39 is 11.5 Å². The summed E-state index contributed by atoms with van der Waals surface area (Å²) in [5.74, 6) is -0.181. The van der Waals surface area contributed by atoms with Crippen LogP contribution in [0.15, 0.2) is 0 Å². The standard InChI is InChI=1S/C9H19NO2S/c1-5-7(2)13-6-9(3,10-4)8(11)12/h7,10H,5-6H2,1-4H3,(H,11,12). The van der Waals surface area contributed by atoms with Crippen LogP contribution < -0.4 is 5.32 Å². The molecule has 4 heteroatoms. The van der Waals surface area contributed by atoms with E-state index in [1.807, 2.05) is 0 Å². The topological polar surface area (TPSA) is 49.3 Å². The number of rotatable bonds is 6. The summed E-state index contributed by atoms with van der Waals surface area (Å²) in [5, 5.41) is 12.3. The molecule has 0 aromatic rings. The Kier molecular flexibility index (Phi) is 5.40. The zero-order valence-electron chi connectivity index (χ0n) is 8.76. The molecular formula is C9H19NO2S. The van der Waals surface area contributed by atoms with Crippen LogP contribution in [0.4, 0.5) is 0 Å².